The van der Waals surface area contributed by atoms with E-state index in [0.29, 0.717) is 30.3 Å². The molecule has 0 saturated carbocycles. The van der Waals surface area contributed by atoms with Crippen molar-refractivity contribution in [1.29, 1.82) is 0 Å². The van der Waals surface area contributed by atoms with Crippen LogP contribution in [0.2, 0.25) is 0 Å². The number of methoxy groups -OCH3 is 1. The van der Waals surface area contributed by atoms with Crippen LogP contribution in [0.3, 0.4) is 0 Å². The van der Waals surface area contributed by atoms with Gasteiger partial charge in [-0.3, -0.25) is 9.89 Å². The van der Waals surface area contributed by atoms with Crippen LogP contribution >= 0.6 is 0 Å². The number of fused-ring (bicyclic) bond motifs is 1. The molecule has 0 amide bonds. The molecule has 0 spiro atoms. The topological polar surface area (TPSA) is 84.3 Å². The molecule has 120 valence electrons. The first-order chi connectivity index (χ1) is 11.1. The summed E-state index contributed by atoms with van der Waals surface area (Å²) in [7, 11) is 1.64. The Hall–Kier alpha value is -2.83. The van der Waals surface area contributed by atoms with Gasteiger partial charge < -0.3 is 10.1 Å². The second kappa shape index (κ2) is 6.12. The Bertz CT molecular complexity index is 897. The molecule has 0 atom stereocenters. The number of benzene rings is 1. The number of aryl methyl sites for hydroxylation is 1. The molecule has 0 bridgehead atoms. The normalized spacial score (nSPS) is 10.9. The molecule has 2 N–H and O–H groups in total. The summed E-state index contributed by atoms with van der Waals surface area (Å²) in [6, 6.07) is 7.74. The Morgan fingerprint density at radius 3 is 2.83 bits per heavy atom. The van der Waals surface area contributed by atoms with Crippen molar-refractivity contribution in [2.24, 2.45) is 0 Å². The van der Waals surface area contributed by atoms with E-state index in [4.69, 9.17) is 4.74 Å². The van der Waals surface area contributed by atoms with Crippen molar-refractivity contribution in [3.63, 3.8) is 0 Å². The Morgan fingerprint density at radius 2 is 2.09 bits per heavy atom. The average Bonchev–Trinajstić information content (AvgIpc) is 2.96. The number of para-hydroxylation sites is 1. The van der Waals surface area contributed by atoms with E-state index in [0.717, 1.165) is 17.0 Å². The van der Waals surface area contributed by atoms with Crippen LogP contribution in [0.25, 0.3) is 5.78 Å². The van der Waals surface area contributed by atoms with Gasteiger partial charge in [-0.05, 0) is 19.4 Å². The van der Waals surface area contributed by atoms with E-state index in [1.165, 1.54) is 4.52 Å². The van der Waals surface area contributed by atoms with Gasteiger partial charge in [-0.15, -0.1) is 0 Å². The largest absolute Gasteiger partial charge is 0.496 e. The third-order valence-electron chi connectivity index (χ3n) is 3.79. The average molecular weight is 313 g/mol. The molecule has 2 heterocycles. The summed E-state index contributed by atoms with van der Waals surface area (Å²) in [5.74, 6) is 1.66. The summed E-state index contributed by atoms with van der Waals surface area (Å²) in [5, 5.41) is 6.12. The van der Waals surface area contributed by atoms with Crippen LogP contribution in [-0.2, 0) is 13.0 Å². The van der Waals surface area contributed by atoms with Gasteiger partial charge in [0.1, 0.15) is 5.75 Å². The maximum atomic E-state index is 12.4. The van der Waals surface area contributed by atoms with Crippen molar-refractivity contribution < 1.29 is 4.74 Å². The molecule has 0 unspecified atom stereocenters. The number of aromatic amines is 1. The smallest absolute Gasteiger partial charge is 0.277 e. The fourth-order valence-electron chi connectivity index (χ4n) is 2.57. The van der Waals surface area contributed by atoms with Gasteiger partial charge >= 0.3 is 0 Å². The SMILES string of the molecule is CCc1c(C)nc2nc(NCc3ccccc3OC)[nH]n2c1=O. The fraction of sp³-hybridized carbons (Fsp3) is 0.312. The lowest BCUT2D eigenvalue weighted by atomic mass is 10.2. The monoisotopic (exact) mass is 313 g/mol. The number of anilines is 1. The van der Waals surface area contributed by atoms with E-state index in [1.54, 1.807) is 7.11 Å². The summed E-state index contributed by atoms with van der Waals surface area (Å²) >= 11 is 0. The van der Waals surface area contributed by atoms with Crippen molar-refractivity contribution in [3.05, 3.63) is 51.4 Å². The fourth-order valence-corrected chi connectivity index (χ4v) is 2.57. The Labute approximate surface area is 133 Å². The lowest BCUT2D eigenvalue weighted by molar-refractivity contribution is 0.410. The number of nitrogens with one attached hydrogen (secondary N) is 2. The van der Waals surface area contributed by atoms with Gasteiger partial charge in [-0.1, -0.05) is 25.1 Å². The van der Waals surface area contributed by atoms with Gasteiger partial charge in [0.05, 0.1) is 12.8 Å². The molecule has 0 aliphatic carbocycles. The summed E-state index contributed by atoms with van der Waals surface area (Å²) in [6.07, 6.45) is 0.642. The van der Waals surface area contributed by atoms with Crippen molar-refractivity contribution in [2.75, 3.05) is 12.4 Å². The molecular weight excluding hydrogens is 294 g/mol. The molecule has 0 aliphatic heterocycles. The summed E-state index contributed by atoms with van der Waals surface area (Å²) < 4.78 is 6.69. The Morgan fingerprint density at radius 1 is 1.30 bits per heavy atom. The summed E-state index contributed by atoms with van der Waals surface area (Å²) in [6.45, 7) is 4.30. The van der Waals surface area contributed by atoms with Gasteiger partial charge in [0.15, 0.2) is 0 Å². The van der Waals surface area contributed by atoms with E-state index >= 15 is 0 Å². The molecule has 0 aliphatic rings. The highest BCUT2D eigenvalue weighted by atomic mass is 16.5. The van der Waals surface area contributed by atoms with Crippen LogP contribution in [-0.4, -0.2) is 26.7 Å². The zero-order valence-electron chi connectivity index (χ0n) is 13.4. The van der Waals surface area contributed by atoms with Gasteiger partial charge in [0.2, 0.25) is 5.95 Å². The molecule has 0 fully saturated rings. The lowest BCUT2D eigenvalue weighted by Gasteiger charge is -2.08. The number of aromatic nitrogens is 4. The highest BCUT2D eigenvalue weighted by molar-refractivity contribution is 5.41. The second-order valence-corrected chi connectivity index (χ2v) is 5.21. The zero-order chi connectivity index (χ0) is 16.4. The van der Waals surface area contributed by atoms with Crippen LogP contribution in [0.1, 0.15) is 23.7 Å². The molecule has 0 saturated heterocycles. The highest BCUT2D eigenvalue weighted by Gasteiger charge is 2.12. The number of H-pyrrole nitrogens is 1. The Kier molecular flexibility index (Phi) is 4.01. The molecule has 1 aromatic carbocycles. The predicted octanol–water partition coefficient (Wildman–Crippen LogP) is 1.91. The first-order valence-corrected chi connectivity index (χ1v) is 7.48. The molecule has 23 heavy (non-hydrogen) atoms. The number of ether oxygens (including phenoxy) is 1. The van der Waals surface area contributed by atoms with Crippen LogP contribution in [0.15, 0.2) is 29.1 Å². The number of hydrogen-bond donors (Lipinski definition) is 2. The third kappa shape index (κ3) is 2.77. The quantitative estimate of drug-likeness (QED) is 0.751. The molecule has 0 radical (unpaired) electrons. The second-order valence-electron chi connectivity index (χ2n) is 5.21. The minimum absolute atomic E-state index is 0.104. The minimum atomic E-state index is -0.104. The standard InChI is InChI=1S/C16H19N5O2/c1-4-12-10(2)18-16-19-15(20-21(16)14(12)22)17-9-11-7-5-6-8-13(11)23-3/h5-8H,4,9H2,1-3H3,(H2,17,18,19,20). The van der Waals surface area contributed by atoms with Crippen molar-refractivity contribution in [2.45, 2.75) is 26.8 Å². The van der Waals surface area contributed by atoms with Crippen LogP contribution in [0.4, 0.5) is 5.95 Å². The van der Waals surface area contributed by atoms with E-state index in [2.05, 4.69) is 20.4 Å². The van der Waals surface area contributed by atoms with E-state index < -0.39 is 0 Å². The zero-order valence-corrected chi connectivity index (χ0v) is 13.4. The third-order valence-corrected chi connectivity index (χ3v) is 3.79. The lowest BCUT2D eigenvalue weighted by Crippen LogP contribution is -2.21. The van der Waals surface area contributed by atoms with Crippen molar-refractivity contribution in [1.82, 2.24) is 19.6 Å². The molecule has 7 nitrogen and oxygen atoms in total. The van der Waals surface area contributed by atoms with Crippen LogP contribution in [0, 0.1) is 6.92 Å². The molecule has 3 rings (SSSR count). The maximum absolute atomic E-state index is 12.4. The predicted molar refractivity (Wildman–Crippen MR) is 88.0 cm³/mol. The van der Waals surface area contributed by atoms with Gasteiger partial charge in [-0.25, -0.2) is 4.98 Å². The van der Waals surface area contributed by atoms with Crippen LogP contribution in [0.5, 0.6) is 5.75 Å². The summed E-state index contributed by atoms with van der Waals surface area (Å²) in [5.41, 5.74) is 2.32. The Balaban J connectivity index is 1.90. The summed E-state index contributed by atoms with van der Waals surface area (Å²) in [4.78, 5) is 21.1. The first-order valence-electron chi connectivity index (χ1n) is 7.48. The molecule has 7 heteroatoms. The van der Waals surface area contributed by atoms with E-state index in [9.17, 15) is 4.79 Å². The maximum Gasteiger partial charge on any atom is 0.277 e. The number of hydrogen-bond acceptors (Lipinski definition) is 5. The highest BCUT2D eigenvalue weighted by Crippen LogP contribution is 2.18. The van der Waals surface area contributed by atoms with E-state index in [-0.39, 0.29) is 5.56 Å². The molecular formula is C16H19N5O2. The molecule has 3 aromatic rings. The number of rotatable bonds is 5. The number of nitrogens with zero attached hydrogens (tertiary/aromatic N) is 3. The first kappa shape index (κ1) is 15.1. The van der Waals surface area contributed by atoms with Gasteiger partial charge in [0.25, 0.3) is 11.3 Å². The van der Waals surface area contributed by atoms with E-state index in [1.807, 2.05) is 38.1 Å². The van der Waals surface area contributed by atoms with Crippen molar-refractivity contribution in [3.8, 4) is 5.75 Å². The van der Waals surface area contributed by atoms with Gasteiger partial charge in [-0.2, -0.15) is 9.50 Å². The van der Waals surface area contributed by atoms with Crippen molar-refractivity contribution >= 4 is 11.7 Å². The molecule has 2 aromatic heterocycles. The van der Waals surface area contributed by atoms with Crippen LogP contribution < -0.4 is 15.6 Å². The minimum Gasteiger partial charge on any atom is -0.496 e. The van der Waals surface area contributed by atoms with Gasteiger partial charge in [0, 0.05) is 17.7 Å².